The first-order chi connectivity index (χ1) is 11.8. The van der Waals surface area contributed by atoms with Crippen molar-refractivity contribution in [2.24, 2.45) is 0 Å². The molecule has 5 nitrogen and oxygen atoms in total. The third-order valence-corrected chi connectivity index (χ3v) is 4.47. The number of methoxy groups -OCH3 is 1. The summed E-state index contributed by atoms with van der Waals surface area (Å²) in [6, 6.07) is 14.1. The topological polar surface area (TPSA) is 54.0 Å². The monoisotopic (exact) mass is 320 g/mol. The number of pyridine rings is 1. The third kappa shape index (κ3) is 2.90. The van der Waals surface area contributed by atoms with Crippen LogP contribution >= 0.6 is 0 Å². The number of rotatable bonds is 4. The van der Waals surface area contributed by atoms with Gasteiger partial charge in [0.05, 0.1) is 18.5 Å². The molecule has 0 bridgehead atoms. The predicted molar refractivity (Wildman–Crippen MR) is 92.6 cm³/mol. The molecule has 0 aliphatic carbocycles. The zero-order chi connectivity index (χ0) is 16.4. The van der Waals surface area contributed by atoms with E-state index in [9.17, 15) is 0 Å². The first-order valence-corrected chi connectivity index (χ1v) is 8.16. The van der Waals surface area contributed by atoms with Gasteiger partial charge in [0.25, 0.3) is 0 Å². The number of hydrogen-bond acceptors (Lipinski definition) is 4. The second-order valence-electron chi connectivity index (χ2n) is 6.04. The van der Waals surface area contributed by atoms with E-state index < -0.39 is 0 Å². The Morgan fingerprint density at radius 3 is 3.00 bits per heavy atom. The predicted octanol–water partition coefficient (Wildman–Crippen LogP) is 3.04. The van der Waals surface area contributed by atoms with E-state index in [0.717, 1.165) is 48.8 Å². The van der Waals surface area contributed by atoms with Gasteiger partial charge >= 0.3 is 0 Å². The van der Waals surface area contributed by atoms with Crippen molar-refractivity contribution in [1.29, 1.82) is 0 Å². The van der Waals surface area contributed by atoms with Gasteiger partial charge in [-0.3, -0.25) is 15.0 Å². The Labute approximate surface area is 141 Å². The van der Waals surface area contributed by atoms with E-state index in [1.54, 1.807) is 7.11 Å². The van der Waals surface area contributed by atoms with E-state index in [4.69, 9.17) is 4.74 Å². The minimum atomic E-state index is 0.852. The lowest BCUT2D eigenvalue weighted by Gasteiger charge is -2.26. The molecule has 0 unspecified atom stereocenters. The molecule has 0 amide bonds. The Morgan fingerprint density at radius 2 is 2.17 bits per heavy atom. The Bertz CT molecular complexity index is 828. The van der Waals surface area contributed by atoms with Crippen molar-refractivity contribution in [2.75, 3.05) is 13.7 Å². The van der Waals surface area contributed by atoms with Crippen LogP contribution in [0.1, 0.15) is 17.0 Å². The molecule has 0 radical (unpaired) electrons. The molecule has 0 spiro atoms. The second kappa shape index (κ2) is 6.45. The first-order valence-electron chi connectivity index (χ1n) is 8.16. The number of ether oxygens (including phenoxy) is 1. The Kier molecular flexibility index (Phi) is 4.01. The number of hydrogen-bond donors (Lipinski definition) is 1. The quantitative estimate of drug-likeness (QED) is 0.803. The van der Waals surface area contributed by atoms with Crippen molar-refractivity contribution < 1.29 is 4.74 Å². The van der Waals surface area contributed by atoms with Crippen molar-refractivity contribution >= 4 is 0 Å². The molecule has 1 aliphatic heterocycles. The van der Waals surface area contributed by atoms with Crippen LogP contribution in [0.3, 0.4) is 0 Å². The fourth-order valence-corrected chi connectivity index (χ4v) is 3.22. The average molecular weight is 320 g/mol. The van der Waals surface area contributed by atoms with Gasteiger partial charge in [-0.25, -0.2) is 0 Å². The van der Waals surface area contributed by atoms with Gasteiger partial charge in [0.1, 0.15) is 5.75 Å². The zero-order valence-electron chi connectivity index (χ0n) is 13.7. The van der Waals surface area contributed by atoms with Gasteiger partial charge in [0.15, 0.2) is 0 Å². The van der Waals surface area contributed by atoms with E-state index in [2.05, 4.69) is 32.2 Å². The van der Waals surface area contributed by atoms with Crippen LogP contribution in [0.2, 0.25) is 0 Å². The van der Waals surface area contributed by atoms with Gasteiger partial charge in [-0.2, -0.15) is 5.10 Å². The van der Waals surface area contributed by atoms with Crippen LogP contribution in [0.5, 0.6) is 5.75 Å². The number of fused-ring (bicyclic) bond motifs is 1. The highest BCUT2D eigenvalue weighted by molar-refractivity contribution is 5.65. The molecular formula is C19H20N4O. The van der Waals surface area contributed by atoms with Crippen LogP contribution in [-0.2, 0) is 19.5 Å². The van der Waals surface area contributed by atoms with Gasteiger partial charge in [0.2, 0.25) is 0 Å². The average Bonchev–Trinajstić information content (AvgIpc) is 3.06. The Morgan fingerprint density at radius 1 is 1.21 bits per heavy atom. The van der Waals surface area contributed by atoms with Crippen LogP contribution in [0, 0.1) is 0 Å². The summed E-state index contributed by atoms with van der Waals surface area (Å²) < 4.78 is 5.34. The summed E-state index contributed by atoms with van der Waals surface area (Å²) in [5.41, 5.74) is 5.74. The van der Waals surface area contributed by atoms with Gasteiger partial charge in [-0.15, -0.1) is 0 Å². The van der Waals surface area contributed by atoms with Crippen molar-refractivity contribution in [1.82, 2.24) is 20.1 Å². The number of H-pyrrole nitrogens is 1. The molecule has 2 aromatic heterocycles. The van der Waals surface area contributed by atoms with Crippen LogP contribution in [-0.4, -0.2) is 33.7 Å². The van der Waals surface area contributed by atoms with Crippen LogP contribution in [0.15, 0.2) is 48.7 Å². The molecule has 3 aromatic rings. The Hall–Kier alpha value is -2.66. The molecule has 0 fully saturated rings. The summed E-state index contributed by atoms with van der Waals surface area (Å²) in [6.07, 6.45) is 2.84. The first kappa shape index (κ1) is 14.9. The number of aromatic nitrogens is 3. The van der Waals surface area contributed by atoms with E-state index >= 15 is 0 Å². The second-order valence-corrected chi connectivity index (χ2v) is 6.04. The zero-order valence-corrected chi connectivity index (χ0v) is 13.7. The fraction of sp³-hybridized carbons (Fsp3) is 0.263. The van der Waals surface area contributed by atoms with Gasteiger partial charge < -0.3 is 4.74 Å². The molecule has 3 heterocycles. The van der Waals surface area contributed by atoms with Crippen molar-refractivity contribution in [3.05, 3.63) is 65.6 Å². The summed E-state index contributed by atoms with van der Waals surface area (Å²) in [4.78, 5) is 6.86. The van der Waals surface area contributed by atoms with Gasteiger partial charge in [-0.1, -0.05) is 18.2 Å². The minimum absolute atomic E-state index is 0.852. The van der Waals surface area contributed by atoms with E-state index in [1.165, 1.54) is 11.3 Å². The lowest BCUT2D eigenvalue weighted by atomic mass is 10.0. The molecule has 24 heavy (non-hydrogen) atoms. The molecule has 5 heteroatoms. The lowest BCUT2D eigenvalue weighted by Crippen LogP contribution is -2.30. The number of benzene rings is 1. The number of nitrogens with one attached hydrogen (secondary N) is 1. The number of aromatic amines is 1. The number of nitrogens with zero attached hydrogens (tertiary/aromatic N) is 3. The third-order valence-electron chi connectivity index (χ3n) is 4.47. The summed E-state index contributed by atoms with van der Waals surface area (Å²) >= 11 is 0. The normalized spacial score (nSPS) is 14.4. The summed E-state index contributed by atoms with van der Waals surface area (Å²) in [7, 11) is 1.69. The highest BCUT2D eigenvalue weighted by Gasteiger charge is 2.23. The highest BCUT2D eigenvalue weighted by Crippen LogP contribution is 2.30. The highest BCUT2D eigenvalue weighted by atomic mass is 16.5. The van der Waals surface area contributed by atoms with E-state index in [1.807, 2.05) is 36.5 Å². The summed E-state index contributed by atoms with van der Waals surface area (Å²) in [6.45, 7) is 2.77. The molecule has 122 valence electrons. The van der Waals surface area contributed by atoms with Crippen molar-refractivity contribution in [3.63, 3.8) is 0 Å². The lowest BCUT2D eigenvalue weighted by molar-refractivity contribution is 0.242. The van der Waals surface area contributed by atoms with Crippen molar-refractivity contribution in [3.8, 4) is 17.0 Å². The molecule has 0 atom stereocenters. The van der Waals surface area contributed by atoms with Gasteiger partial charge in [-0.05, 0) is 24.3 Å². The maximum absolute atomic E-state index is 5.34. The molecule has 0 saturated heterocycles. The van der Waals surface area contributed by atoms with Crippen LogP contribution < -0.4 is 4.74 Å². The van der Waals surface area contributed by atoms with E-state index in [-0.39, 0.29) is 0 Å². The summed E-state index contributed by atoms with van der Waals surface area (Å²) in [5.74, 6) is 0.852. The van der Waals surface area contributed by atoms with Crippen LogP contribution in [0.4, 0.5) is 0 Å². The molecule has 1 N–H and O–H groups in total. The van der Waals surface area contributed by atoms with E-state index in [0.29, 0.717) is 0 Å². The fourth-order valence-electron chi connectivity index (χ4n) is 3.22. The van der Waals surface area contributed by atoms with Crippen LogP contribution in [0.25, 0.3) is 11.3 Å². The standard InChI is InChI=1S/C19H20N4O/c1-24-16-7-4-5-14(11-16)19-17-13-23(10-8-18(17)21-22-19)12-15-6-2-3-9-20-15/h2-7,9,11H,8,10,12-13H2,1H3,(H,21,22). The Balaban J connectivity index is 1.60. The molecular weight excluding hydrogens is 300 g/mol. The molecule has 4 rings (SSSR count). The molecule has 1 aromatic carbocycles. The molecule has 1 aliphatic rings. The minimum Gasteiger partial charge on any atom is -0.497 e. The van der Waals surface area contributed by atoms with Crippen molar-refractivity contribution in [2.45, 2.75) is 19.5 Å². The SMILES string of the molecule is COc1cccc(-c2n[nH]c3c2CN(Cc2ccccn2)CC3)c1. The maximum Gasteiger partial charge on any atom is 0.119 e. The maximum atomic E-state index is 5.34. The molecule has 0 saturated carbocycles. The summed E-state index contributed by atoms with van der Waals surface area (Å²) in [5, 5.41) is 7.78. The largest absolute Gasteiger partial charge is 0.497 e. The smallest absolute Gasteiger partial charge is 0.119 e. The van der Waals surface area contributed by atoms with Gasteiger partial charge in [0, 0.05) is 49.1 Å².